The zero-order chi connectivity index (χ0) is 2.00. The zero-order valence-electron chi connectivity index (χ0n) is 3.69. The first-order valence-electron chi connectivity index (χ1n) is 0.289. The molecule has 4 heavy (non-hydrogen) atoms. The maximum Gasteiger partial charge on any atom is 1.00 e. The predicted molar refractivity (Wildman–Crippen MR) is 10.3 cm³/mol. The Kier molecular flexibility index (Phi) is 95.2. The van der Waals surface area contributed by atoms with Crippen molar-refractivity contribution in [2.45, 2.75) is 0 Å². The summed E-state index contributed by atoms with van der Waals surface area (Å²) in [6.07, 6.45) is 0. The van der Waals surface area contributed by atoms with Gasteiger partial charge in [0.15, 0.2) is 0 Å². The Balaban J connectivity index is -0.00000000167. The van der Waals surface area contributed by atoms with Crippen molar-refractivity contribution in [3.05, 3.63) is 0 Å². The smallest absolute Gasteiger partial charge is 1.00 e. The summed E-state index contributed by atoms with van der Waals surface area (Å²) in [5, 5.41) is 0. The molecular formula is H3LiOSiY. The van der Waals surface area contributed by atoms with Crippen molar-refractivity contribution in [1.82, 2.24) is 0 Å². The molecule has 0 saturated carbocycles. The van der Waals surface area contributed by atoms with Gasteiger partial charge in [-0.15, -0.1) is 0 Å². The standard InChI is InChI=1S/Li.H2OSi.Y.H/c;1-2;;/h;2H2;;/q+1;;;-1. The third-order valence-corrected chi connectivity index (χ3v) is 0. The summed E-state index contributed by atoms with van der Waals surface area (Å²) >= 11 is 0. The average molecular weight is 143 g/mol. The molecule has 4 heteroatoms. The normalized spacial score (nSPS) is 1.00. The van der Waals surface area contributed by atoms with Crippen LogP contribution in [0, 0.1) is 0 Å². The topological polar surface area (TPSA) is 17.1 Å². The fourth-order valence-corrected chi connectivity index (χ4v) is 0. The zero-order valence-corrected chi connectivity index (χ0v) is 6.95. The van der Waals surface area contributed by atoms with Gasteiger partial charge in [-0.25, -0.2) is 0 Å². The summed E-state index contributed by atoms with van der Waals surface area (Å²) in [6.45, 7) is 0. The second kappa shape index (κ2) is 22.1. The summed E-state index contributed by atoms with van der Waals surface area (Å²) in [6, 6.07) is 0. The van der Waals surface area contributed by atoms with Gasteiger partial charge in [0.05, 0.1) is 0 Å². The van der Waals surface area contributed by atoms with Crippen LogP contribution in [0.4, 0.5) is 0 Å². The molecule has 0 aromatic heterocycles. The van der Waals surface area contributed by atoms with Crippen LogP contribution in [0.5, 0.6) is 0 Å². The van der Waals surface area contributed by atoms with Crippen LogP contribution in [0.25, 0.3) is 0 Å². The van der Waals surface area contributed by atoms with Crippen molar-refractivity contribution < 1.29 is 57.5 Å². The molecule has 0 spiro atoms. The molecular weight excluding hydrogens is 140 g/mol. The van der Waals surface area contributed by atoms with Crippen LogP contribution >= 0.6 is 0 Å². The third-order valence-electron chi connectivity index (χ3n) is 0. The maximum absolute atomic E-state index is 8.28. The molecule has 0 rings (SSSR count). The van der Waals surface area contributed by atoms with E-state index in [0.717, 1.165) is 0 Å². The van der Waals surface area contributed by atoms with Gasteiger partial charge in [-0.2, -0.15) is 0 Å². The van der Waals surface area contributed by atoms with E-state index in [1.54, 1.807) is 0 Å². The summed E-state index contributed by atoms with van der Waals surface area (Å²) in [7, 11) is 0.611. The van der Waals surface area contributed by atoms with Gasteiger partial charge in [0.1, 0.15) is 0 Å². The third kappa shape index (κ3) is 9.31. The van der Waals surface area contributed by atoms with E-state index in [4.69, 9.17) is 4.46 Å². The molecule has 0 aromatic rings. The molecule has 0 fully saturated rings. The summed E-state index contributed by atoms with van der Waals surface area (Å²) in [5.74, 6) is 0. The minimum atomic E-state index is 0. The largest absolute Gasteiger partial charge is 1.00 e. The van der Waals surface area contributed by atoms with Gasteiger partial charge in [0, 0.05) is 32.7 Å². The van der Waals surface area contributed by atoms with Crippen molar-refractivity contribution in [1.29, 1.82) is 0 Å². The first-order chi connectivity index (χ1) is 1.00. The number of hydrogen-bond acceptors (Lipinski definition) is 1. The first kappa shape index (κ1) is 17.2. The second-order valence-electron chi connectivity index (χ2n) is 0. The van der Waals surface area contributed by atoms with Gasteiger partial charge >= 0.3 is 18.9 Å². The van der Waals surface area contributed by atoms with Crippen LogP contribution in [0.2, 0.25) is 0 Å². The van der Waals surface area contributed by atoms with E-state index in [1.165, 1.54) is 0 Å². The van der Waals surface area contributed by atoms with Gasteiger partial charge in [-0.1, -0.05) is 0 Å². The van der Waals surface area contributed by atoms with Crippen molar-refractivity contribution in [2.24, 2.45) is 0 Å². The van der Waals surface area contributed by atoms with Gasteiger partial charge < -0.3 is 5.89 Å². The minimum absolute atomic E-state index is 0. The molecule has 0 aromatic carbocycles. The van der Waals surface area contributed by atoms with Crippen LogP contribution in [0.3, 0.4) is 0 Å². The number of rotatable bonds is 0. The van der Waals surface area contributed by atoms with Crippen LogP contribution in [0.1, 0.15) is 1.43 Å². The van der Waals surface area contributed by atoms with Crippen LogP contribution < -0.4 is 18.9 Å². The van der Waals surface area contributed by atoms with Gasteiger partial charge in [0.25, 0.3) is 0 Å². The van der Waals surface area contributed by atoms with Gasteiger partial charge in [-0.05, 0) is 0 Å². The molecule has 17 valence electrons. The fourth-order valence-electron chi connectivity index (χ4n) is 0. The quantitative estimate of drug-likeness (QED) is 0.316. The molecule has 0 aliphatic carbocycles. The maximum atomic E-state index is 8.28. The van der Waals surface area contributed by atoms with Crippen molar-refractivity contribution >= 4 is 10.1 Å². The molecule has 1 nitrogen and oxygen atoms in total. The first-order valence-corrected chi connectivity index (χ1v) is 0.866. The van der Waals surface area contributed by atoms with E-state index in [0.29, 0.717) is 10.1 Å². The Morgan fingerprint density at radius 2 is 1.50 bits per heavy atom. The molecule has 0 amide bonds. The van der Waals surface area contributed by atoms with E-state index in [1.807, 2.05) is 0 Å². The van der Waals surface area contributed by atoms with E-state index < -0.39 is 0 Å². The Labute approximate surface area is 66.9 Å². The Bertz CT molecular complexity index is 11.6. The monoisotopic (exact) mass is 143 g/mol. The van der Waals surface area contributed by atoms with Crippen LogP contribution in [-0.2, 0) is 37.2 Å². The fraction of sp³-hybridized carbons (Fsp3) is 0. The summed E-state index contributed by atoms with van der Waals surface area (Å²) < 4.78 is 8.28. The predicted octanol–water partition coefficient (Wildman–Crippen LogP) is -3.92. The number of hydrogen-bond donors (Lipinski definition) is 0. The molecule has 0 bridgehead atoms. The average Bonchev–Trinajstić information content (AvgIpc) is 1.00. The van der Waals surface area contributed by atoms with Gasteiger partial charge in [0.2, 0.25) is 10.1 Å². The van der Waals surface area contributed by atoms with E-state index in [-0.39, 0.29) is 53.0 Å². The molecule has 0 unspecified atom stereocenters. The molecule has 0 N–H and O–H groups in total. The Morgan fingerprint density at radius 1 is 1.50 bits per heavy atom. The van der Waals surface area contributed by atoms with E-state index in [9.17, 15) is 0 Å². The SMILES string of the molecule is O=[SiH2].[H-].[Li+].[Y]. The molecule has 0 aliphatic rings. The van der Waals surface area contributed by atoms with Crippen molar-refractivity contribution in [3.63, 3.8) is 0 Å². The Morgan fingerprint density at radius 3 is 1.50 bits per heavy atom. The second-order valence-corrected chi connectivity index (χ2v) is 0. The van der Waals surface area contributed by atoms with E-state index in [2.05, 4.69) is 0 Å². The summed E-state index contributed by atoms with van der Waals surface area (Å²) in [4.78, 5) is 0. The molecule has 1 radical (unpaired) electrons. The molecule has 0 saturated heterocycles. The van der Waals surface area contributed by atoms with Gasteiger partial charge in [-0.3, -0.25) is 0 Å². The minimum Gasteiger partial charge on any atom is -1.00 e. The van der Waals surface area contributed by atoms with E-state index >= 15 is 0 Å². The molecule has 0 aliphatic heterocycles. The molecule has 0 atom stereocenters. The van der Waals surface area contributed by atoms with Crippen LogP contribution in [0.15, 0.2) is 0 Å². The van der Waals surface area contributed by atoms with Crippen molar-refractivity contribution in [2.75, 3.05) is 0 Å². The van der Waals surface area contributed by atoms with Crippen molar-refractivity contribution in [3.8, 4) is 0 Å². The Hall–Kier alpha value is 1.72. The summed E-state index contributed by atoms with van der Waals surface area (Å²) in [5.41, 5.74) is 0. The van der Waals surface area contributed by atoms with Crippen LogP contribution in [-0.4, -0.2) is 10.1 Å². The molecule has 0 heterocycles.